The normalized spacial score (nSPS) is 12.9. The van der Waals surface area contributed by atoms with E-state index in [0.29, 0.717) is 0 Å². The van der Waals surface area contributed by atoms with Crippen molar-refractivity contribution in [1.82, 2.24) is 0 Å². The first-order chi connectivity index (χ1) is 7.43. The second kappa shape index (κ2) is 7.14. The second-order valence-electron chi connectivity index (χ2n) is 3.46. The van der Waals surface area contributed by atoms with Crippen LogP contribution in [0.2, 0.25) is 0 Å². The summed E-state index contributed by atoms with van der Waals surface area (Å²) in [6.07, 6.45) is 2.62. The van der Waals surface area contributed by atoms with Gasteiger partial charge < -0.3 is 10.8 Å². The molecule has 0 aliphatic heterocycles. The summed E-state index contributed by atoms with van der Waals surface area (Å²) >= 11 is 0. The van der Waals surface area contributed by atoms with Gasteiger partial charge in [0.25, 0.3) is 0 Å². The van der Waals surface area contributed by atoms with Crippen molar-refractivity contribution in [3.8, 4) is 0 Å². The molecule has 0 aliphatic carbocycles. The van der Waals surface area contributed by atoms with Crippen molar-refractivity contribution >= 4 is 10.1 Å². The molecule has 0 atom stereocenters. The molecule has 0 fully saturated rings. The van der Waals surface area contributed by atoms with Gasteiger partial charge in [0.2, 0.25) is 0 Å². The highest BCUT2D eigenvalue weighted by Crippen LogP contribution is 2.20. The van der Waals surface area contributed by atoms with Crippen molar-refractivity contribution < 1.29 is 31.2 Å². The number of halogens is 3. The van der Waals surface area contributed by atoms with E-state index >= 15 is 0 Å². The summed E-state index contributed by atoms with van der Waals surface area (Å²) in [4.78, 5) is 0. The Kier molecular flexibility index (Phi) is 7.97. The largest absolute Gasteiger partial charge is 0.522 e. The predicted octanol–water partition coefficient (Wildman–Crippen LogP) is 1.28. The van der Waals surface area contributed by atoms with E-state index in [1.807, 2.05) is 0 Å². The van der Waals surface area contributed by atoms with Crippen LogP contribution in [0, 0.1) is 0 Å². The average Bonchev–Trinajstić information content (AvgIpc) is 2.16. The lowest BCUT2D eigenvalue weighted by molar-refractivity contribution is -0.0510. The lowest BCUT2D eigenvalue weighted by atomic mass is 9.91. The minimum Gasteiger partial charge on any atom is -0.396 e. The van der Waals surface area contributed by atoms with Crippen LogP contribution in [-0.4, -0.2) is 35.7 Å². The third kappa shape index (κ3) is 8.36. The molecule has 0 saturated heterocycles. The molecular weight excluding hydrogens is 263 g/mol. The molecule has 0 rings (SSSR count). The van der Waals surface area contributed by atoms with Crippen molar-refractivity contribution in [2.24, 2.45) is 5.73 Å². The minimum atomic E-state index is -5.84. The lowest BCUT2D eigenvalue weighted by Crippen LogP contribution is -2.39. The Morgan fingerprint density at radius 2 is 1.47 bits per heavy atom. The lowest BCUT2D eigenvalue weighted by Gasteiger charge is -2.25. The molecule has 4 N–H and O–H groups in total. The Hall–Kier alpha value is -0.380. The summed E-state index contributed by atoms with van der Waals surface area (Å²) in [5.41, 5.74) is 0.196. The van der Waals surface area contributed by atoms with Crippen molar-refractivity contribution in [3.05, 3.63) is 0 Å². The van der Waals surface area contributed by atoms with Crippen molar-refractivity contribution in [3.63, 3.8) is 0 Å². The fraction of sp³-hybridized carbons (Fsp3) is 1.00. The highest BCUT2D eigenvalue weighted by Gasteiger charge is 2.44. The molecule has 0 bridgehead atoms. The first kappa shape index (κ1) is 19.0. The molecule has 0 aromatic rings. The summed E-state index contributed by atoms with van der Waals surface area (Å²) in [5.74, 6) is 0. The summed E-state index contributed by atoms with van der Waals surface area (Å²) in [6.45, 7) is 4.32. The number of nitrogens with two attached hydrogens (primary N) is 1. The van der Waals surface area contributed by atoms with Gasteiger partial charge >= 0.3 is 15.6 Å². The predicted molar refractivity (Wildman–Crippen MR) is 56.8 cm³/mol. The van der Waals surface area contributed by atoms with Crippen LogP contribution in [0.4, 0.5) is 13.2 Å². The van der Waals surface area contributed by atoms with Gasteiger partial charge in [-0.05, 0) is 19.3 Å². The first-order valence-electron chi connectivity index (χ1n) is 4.87. The maximum Gasteiger partial charge on any atom is 0.522 e. The van der Waals surface area contributed by atoms with Gasteiger partial charge in [-0.25, -0.2) is 0 Å². The van der Waals surface area contributed by atoms with Crippen LogP contribution in [-0.2, 0) is 10.1 Å². The fourth-order valence-corrected chi connectivity index (χ4v) is 0.826. The van der Waals surface area contributed by atoms with Gasteiger partial charge in [-0.15, -0.1) is 0 Å². The molecule has 0 amide bonds. The molecule has 0 heterocycles. The Morgan fingerprint density at radius 3 is 1.53 bits per heavy atom. The van der Waals surface area contributed by atoms with Crippen molar-refractivity contribution in [1.29, 1.82) is 0 Å². The van der Waals surface area contributed by atoms with Gasteiger partial charge in [0.05, 0.1) is 0 Å². The highest BCUT2D eigenvalue weighted by molar-refractivity contribution is 7.86. The van der Waals surface area contributed by atoms with Crippen molar-refractivity contribution in [2.45, 2.75) is 44.2 Å². The smallest absolute Gasteiger partial charge is 0.396 e. The highest BCUT2D eigenvalue weighted by atomic mass is 32.2. The zero-order valence-electron chi connectivity index (χ0n) is 9.66. The van der Waals surface area contributed by atoms with E-state index in [0.717, 1.165) is 19.3 Å². The van der Waals surface area contributed by atoms with E-state index in [9.17, 15) is 13.2 Å². The Balaban J connectivity index is 0. The fourth-order valence-electron chi connectivity index (χ4n) is 0.826. The maximum atomic E-state index is 10.7. The second-order valence-corrected chi connectivity index (χ2v) is 4.88. The third-order valence-corrected chi connectivity index (χ3v) is 2.90. The topological polar surface area (TPSA) is 101 Å². The van der Waals surface area contributed by atoms with E-state index in [-0.39, 0.29) is 12.1 Å². The monoisotopic (exact) mass is 281 g/mol. The molecule has 5 nitrogen and oxygen atoms in total. The number of hydrogen-bond donors (Lipinski definition) is 3. The van der Waals surface area contributed by atoms with Gasteiger partial charge in [0.15, 0.2) is 0 Å². The van der Waals surface area contributed by atoms with Gasteiger partial charge in [-0.2, -0.15) is 21.6 Å². The third-order valence-electron chi connectivity index (χ3n) is 2.31. The Labute approximate surface area is 98.6 Å². The molecule has 0 aromatic carbocycles. The number of alkyl halides is 3. The number of rotatable bonds is 4. The van der Waals surface area contributed by atoms with Crippen LogP contribution in [0.3, 0.4) is 0 Å². The Morgan fingerprint density at radius 1 is 1.18 bits per heavy atom. The summed E-state index contributed by atoms with van der Waals surface area (Å²) < 4.78 is 57.5. The van der Waals surface area contributed by atoms with Gasteiger partial charge in [-0.3, -0.25) is 4.55 Å². The molecule has 0 aliphatic rings. The number of hydrogen-bond acceptors (Lipinski definition) is 4. The zero-order chi connectivity index (χ0) is 14.3. The summed E-state index contributed by atoms with van der Waals surface area (Å²) in [5, 5.41) is 8.58. The van der Waals surface area contributed by atoms with Crippen LogP contribution < -0.4 is 5.73 Å². The molecule has 0 aromatic heterocycles. The molecule has 17 heavy (non-hydrogen) atoms. The average molecular weight is 281 g/mol. The standard InChI is InChI=1S/C7H17NO.CHF3O3S/c1-3-7(8,4-2)5-6-9;2-1(3,4)8(5,6)7/h9H,3-6,8H2,1-2H3;(H,5,6,7). The SMILES string of the molecule is CCC(N)(CC)CCO.O=S(=O)(O)C(F)(F)F. The van der Waals surface area contributed by atoms with E-state index in [1.54, 1.807) is 0 Å². The van der Waals surface area contributed by atoms with E-state index in [1.165, 1.54) is 0 Å². The van der Waals surface area contributed by atoms with E-state index in [2.05, 4.69) is 13.8 Å². The summed E-state index contributed by atoms with van der Waals surface area (Å²) in [6, 6.07) is 0. The number of aliphatic hydroxyl groups is 1. The molecule has 0 spiro atoms. The zero-order valence-corrected chi connectivity index (χ0v) is 10.5. The molecule has 106 valence electrons. The molecule has 0 saturated carbocycles. The van der Waals surface area contributed by atoms with Crippen LogP contribution in [0.15, 0.2) is 0 Å². The Bertz CT molecular complexity index is 298. The number of aliphatic hydroxyl groups excluding tert-OH is 1. The molecular formula is C8H18F3NO4S. The van der Waals surface area contributed by atoms with Gasteiger partial charge in [-0.1, -0.05) is 13.8 Å². The molecule has 9 heteroatoms. The van der Waals surface area contributed by atoms with Gasteiger partial charge in [0.1, 0.15) is 0 Å². The van der Waals surface area contributed by atoms with E-state index in [4.69, 9.17) is 23.8 Å². The van der Waals surface area contributed by atoms with Gasteiger partial charge in [0, 0.05) is 12.1 Å². The minimum absolute atomic E-state index is 0.116. The van der Waals surface area contributed by atoms with Crippen LogP contribution in [0.5, 0.6) is 0 Å². The summed E-state index contributed by atoms with van der Waals surface area (Å²) in [7, 11) is -5.84. The molecule has 0 radical (unpaired) electrons. The van der Waals surface area contributed by atoms with Crippen LogP contribution in [0.1, 0.15) is 33.1 Å². The maximum absolute atomic E-state index is 10.7. The van der Waals surface area contributed by atoms with Crippen LogP contribution >= 0.6 is 0 Å². The quantitative estimate of drug-likeness (QED) is 0.532. The van der Waals surface area contributed by atoms with E-state index < -0.39 is 15.6 Å². The molecule has 0 unspecified atom stereocenters. The first-order valence-corrected chi connectivity index (χ1v) is 6.31. The van der Waals surface area contributed by atoms with Crippen molar-refractivity contribution in [2.75, 3.05) is 6.61 Å². The van der Waals surface area contributed by atoms with Crippen LogP contribution in [0.25, 0.3) is 0 Å².